The van der Waals surface area contributed by atoms with Gasteiger partial charge in [0, 0.05) is 12.1 Å². The Morgan fingerprint density at radius 3 is 2.76 bits per heavy atom. The van der Waals surface area contributed by atoms with Gasteiger partial charge in [-0.2, -0.15) is 0 Å². The first-order valence-corrected chi connectivity index (χ1v) is 7.63. The molecule has 3 atom stereocenters. The minimum absolute atomic E-state index is 0.760. The maximum atomic E-state index is 3.49. The van der Waals surface area contributed by atoms with E-state index >= 15 is 0 Å². The van der Waals surface area contributed by atoms with Gasteiger partial charge in [0.1, 0.15) is 0 Å². The molecule has 1 fully saturated rings. The molecule has 0 aromatic heterocycles. The maximum absolute atomic E-state index is 3.49. The summed E-state index contributed by atoms with van der Waals surface area (Å²) in [5.74, 6) is 0.879. The zero-order valence-electron chi connectivity index (χ0n) is 12.3. The predicted octanol–water partition coefficient (Wildman–Crippen LogP) is 3.28. The third-order valence-electron chi connectivity index (χ3n) is 4.39. The third kappa shape index (κ3) is 4.97. The van der Waals surface area contributed by atoms with Gasteiger partial charge in [0.25, 0.3) is 0 Å². The lowest BCUT2D eigenvalue weighted by Crippen LogP contribution is -2.47. The molecule has 0 spiro atoms. The van der Waals surface area contributed by atoms with Crippen molar-refractivity contribution in [1.82, 2.24) is 10.2 Å². The second-order valence-corrected chi connectivity index (χ2v) is 5.84. The lowest BCUT2D eigenvalue weighted by Gasteiger charge is -2.41. The molecule has 1 heterocycles. The van der Waals surface area contributed by atoms with Gasteiger partial charge in [0.15, 0.2) is 0 Å². The van der Waals surface area contributed by atoms with Crippen LogP contribution in [0.4, 0.5) is 0 Å². The molecule has 0 aromatic carbocycles. The molecule has 0 amide bonds. The minimum Gasteiger partial charge on any atom is -0.317 e. The molecular formula is C15H32N2. The van der Waals surface area contributed by atoms with Crippen LogP contribution in [0, 0.1) is 5.92 Å². The lowest BCUT2D eigenvalue weighted by atomic mass is 9.90. The molecule has 1 aliphatic rings. The molecule has 2 heteroatoms. The Bertz CT molecular complexity index is 193. The van der Waals surface area contributed by atoms with Gasteiger partial charge >= 0.3 is 0 Å². The lowest BCUT2D eigenvalue weighted by molar-refractivity contribution is 0.0709. The Hall–Kier alpha value is -0.0800. The van der Waals surface area contributed by atoms with Crippen LogP contribution in [0.25, 0.3) is 0 Å². The van der Waals surface area contributed by atoms with E-state index in [0.717, 1.165) is 18.0 Å². The SMILES string of the molecule is CCCNCCCC(C)N1CCCC(C)C1C. The summed E-state index contributed by atoms with van der Waals surface area (Å²) >= 11 is 0. The normalized spacial score (nSPS) is 28.2. The molecule has 1 N–H and O–H groups in total. The topological polar surface area (TPSA) is 15.3 Å². The second-order valence-electron chi connectivity index (χ2n) is 5.84. The maximum Gasteiger partial charge on any atom is 0.00953 e. The smallest absolute Gasteiger partial charge is 0.00953 e. The average molecular weight is 240 g/mol. The number of piperidine rings is 1. The zero-order chi connectivity index (χ0) is 12.7. The fraction of sp³-hybridized carbons (Fsp3) is 1.00. The van der Waals surface area contributed by atoms with Gasteiger partial charge in [-0.15, -0.1) is 0 Å². The first kappa shape index (κ1) is 15.0. The van der Waals surface area contributed by atoms with E-state index in [0.29, 0.717) is 0 Å². The van der Waals surface area contributed by atoms with E-state index in [4.69, 9.17) is 0 Å². The summed E-state index contributed by atoms with van der Waals surface area (Å²) in [6.45, 7) is 13.1. The monoisotopic (exact) mass is 240 g/mol. The molecule has 1 rings (SSSR count). The third-order valence-corrected chi connectivity index (χ3v) is 4.39. The highest BCUT2D eigenvalue weighted by Gasteiger charge is 2.27. The number of nitrogens with zero attached hydrogens (tertiary/aromatic N) is 1. The average Bonchev–Trinajstić information content (AvgIpc) is 2.32. The zero-order valence-corrected chi connectivity index (χ0v) is 12.3. The molecular weight excluding hydrogens is 208 g/mol. The molecule has 102 valence electrons. The van der Waals surface area contributed by atoms with E-state index in [1.54, 1.807) is 0 Å². The van der Waals surface area contributed by atoms with Gasteiger partial charge in [0.2, 0.25) is 0 Å². The van der Waals surface area contributed by atoms with Crippen molar-refractivity contribution in [1.29, 1.82) is 0 Å². The van der Waals surface area contributed by atoms with Crippen molar-refractivity contribution in [2.75, 3.05) is 19.6 Å². The first-order valence-electron chi connectivity index (χ1n) is 7.63. The minimum atomic E-state index is 0.760. The van der Waals surface area contributed by atoms with Crippen molar-refractivity contribution in [2.24, 2.45) is 5.92 Å². The molecule has 0 radical (unpaired) electrons. The molecule has 0 saturated carbocycles. The number of rotatable bonds is 7. The van der Waals surface area contributed by atoms with Crippen LogP contribution < -0.4 is 5.32 Å². The van der Waals surface area contributed by atoms with Gasteiger partial charge in [-0.05, 0) is 71.5 Å². The van der Waals surface area contributed by atoms with Crippen molar-refractivity contribution in [3.05, 3.63) is 0 Å². The Balaban J connectivity index is 2.19. The van der Waals surface area contributed by atoms with Gasteiger partial charge in [-0.1, -0.05) is 13.8 Å². The summed E-state index contributed by atoms with van der Waals surface area (Å²) in [4.78, 5) is 2.73. The summed E-state index contributed by atoms with van der Waals surface area (Å²) in [6.07, 6.45) is 6.72. The quantitative estimate of drug-likeness (QED) is 0.687. The first-order chi connectivity index (χ1) is 8.16. The molecule has 1 saturated heterocycles. The summed E-state index contributed by atoms with van der Waals surface area (Å²) in [6, 6.07) is 1.54. The van der Waals surface area contributed by atoms with Crippen LogP contribution in [-0.2, 0) is 0 Å². The van der Waals surface area contributed by atoms with Gasteiger partial charge < -0.3 is 5.32 Å². The van der Waals surface area contributed by atoms with Gasteiger partial charge in [0.05, 0.1) is 0 Å². The van der Waals surface area contributed by atoms with E-state index in [1.807, 2.05) is 0 Å². The fourth-order valence-corrected chi connectivity index (χ4v) is 2.98. The summed E-state index contributed by atoms with van der Waals surface area (Å²) in [7, 11) is 0. The Morgan fingerprint density at radius 2 is 2.06 bits per heavy atom. The summed E-state index contributed by atoms with van der Waals surface area (Å²) < 4.78 is 0. The summed E-state index contributed by atoms with van der Waals surface area (Å²) in [5.41, 5.74) is 0. The molecule has 0 aromatic rings. The van der Waals surface area contributed by atoms with E-state index in [1.165, 1.54) is 51.7 Å². The van der Waals surface area contributed by atoms with Crippen molar-refractivity contribution in [3.8, 4) is 0 Å². The predicted molar refractivity (Wildman–Crippen MR) is 76.4 cm³/mol. The number of hydrogen-bond donors (Lipinski definition) is 1. The number of nitrogens with one attached hydrogen (secondary N) is 1. The van der Waals surface area contributed by atoms with Gasteiger partial charge in [-0.25, -0.2) is 0 Å². The van der Waals surface area contributed by atoms with Crippen LogP contribution in [-0.4, -0.2) is 36.6 Å². The largest absolute Gasteiger partial charge is 0.317 e. The number of likely N-dealkylation sites (tertiary alicyclic amines) is 1. The highest BCUT2D eigenvalue weighted by atomic mass is 15.2. The van der Waals surface area contributed by atoms with E-state index in [9.17, 15) is 0 Å². The number of hydrogen-bond acceptors (Lipinski definition) is 2. The van der Waals surface area contributed by atoms with Crippen LogP contribution >= 0.6 is 0 Å². The van der Waals surface area contributed by atoms with Crippen LogP contribution in [0.15, 0.2) is 0 Å². The van der Waals surface area contributed by atoms with Gasteiger partial charge in [-0.3, -0.25) is 4.90 Å². The van der Waals surface area contributed by atoms with E-state index in [-0.39, 0.29) is 0 Å². The Morgan fingerprint density at radius 1 is 1.29 bits per heavy atom. The van der Waals surface area contributed by atoms with E-state index < -0.39 is 0 Å². The van der Waals surface area contributed by atoms with Crippen LogP contribution in [0.5, 0.6) is 0 Å². The van der Waals surface area contributed by atoms with Crippen molar-refractivity contribution >= 4 is 0 Å². The van der Waals surface area contributed by atoms with Crippen LogP contribution in [0.1, 0.15) is 59.8 Å². The fourth-order valence-electron chi connectivity index (χ4n) is 2.98. The molecule has 0 aliphatic carbocycles. The Labute approximate surface area is 108 Å². The molecule has 17 heavy (non-hydrogen) atoms. The highest BCUT2D eigenvalue weighted by molar-refractivity contribution is 4.82. The second kappa shape index (κ2) is 8.10. The molecule has 1 aliphatic heterocycles. The van der Waals surface area contributed by atoms with Crippen molar-refractivity contribution in [2.45, 2.75) is 71.9 Å². The Kier molecular flexibility index (Phi) is 7.14. The van der Waals surface area contributed by atoms with Crippen LogP contribution in [0.3, 0.4) is 0 Å². The molecule has 3 unspecified atom stereocenters. The summed E-state index contributed by atoms with van der Waals surface area (Å²) in [5, 5.41) is 3.49. The standard InChI is InChI=1S/C15H32N2/c1-5-10-16-11-6-9-14(3)17-12-7-8-13(2)15(17)4/h13-16H,5-12H2,1-4H3. The van der Waals surface area contributed by atoms with E-state index in [2.05, 4.69) is 37.9 Å². The van der Waals surface area contributed by atoms with Crippen molar-refractivity contribution in [3.63, 3.8) is 0 Å². The highest BCUT2D eigenvalue weighted by Crippen LogP contribution is 2.25. The van der Waals surface area contributed by atoms with Crippen LogP contribution in [0.2, 0.25) is 0 Å². The molecule has 2 nitrogen and oxygen atoms in total. The van der Waals surface area contributed by atoms with Crippen molar-refractivity contribution < 1.29 is 0 Å². The molecule has 0 bridgehead atoms.